The van der Waals surface area contributed by atoms with Gasteiger partial charge in [0.15, 0.2) is 0 Å². The molecule has 0 saturated carbocycles. The number of para-hydroxylation sites is 1. The van der Waals surface area contributed by atoms with Gasteiger partial charge in [0, 0.05) is 6.42 Å². The van der Waals surface area contributed by atoms with Gasteiger partial charge in [-0.3, -0.25) is 0 Å². The number of hydrogen-bond donors (Lipinski definition) is 0. The molecule has 2 rings (SSSR count). The lowest BCUT2D eigenvalue weighted by molar-refractivity contribution is -0.0736. The molecule has 72 valence electrons. The Labute approximate surface area is 81.9 Å². The van der Waals surface area contributed by atoms with Crippen LogP contribution in [0.15, 0.2) is 24.3 Å². The minimum Gasteiger partial charge on any atom is -0.457 e. The standard InChI is InChI=1S/C11H10FNO/c12-11(7-8-13)6-5-9-3-1-2-4-10(9)14-11/h1-4H,5-7H2. The third-order valence-electron chi connectivity index (χ3n) is 2.38. The van der Waals surface area contributed by atoms with Gasteiger partial charge in [-0.15, -0.1) is 0 Å². The number of alkyl halides is 1. The Balaban J connectivity index is 2.25. The predicted octanol–water partition coefficient (Wildman–Crippen LogP) is 2.59. The monoisotopic (exact) mass is 191 g/mol. The van der Waals surface area contributed by atoms with E-state index in [2.05, 4.69) is 0 Å². The van der Waals surface area contributed by atoms with Crippen LogP contribution in [0.2, 0.25) is 0 Å². The maximum Gasteiger partial charge on any atom is 0.261 e. The Bertz CT molecular complexity index is 385. The number of hydrogen-bond acceptors (Lipinski definition) is 2. The number of nitrogens with zero attached hydrogens (tertiary/aromatic N) is 1. The van der Waals surface area contributed by atoms with Gasteiger partial charge in [-0.2, -0.15) is 9.65 Å². The second-order valence-corrected chi connectivity index (χ2v) is 3.43. The summed E-state index contributed by atoms with van der Waals surface area (Å²) < 4.78 is 19.0. The van der Waals surface area contributed by atoms with Crippen LogP contribution in [-0.2, 0) is 6.42 Å². The van der Waals surface area contributed by atoms with Crippen molar-refractivity contribution in [2.45, 2.75) is 25.1 Å². The van der Waals surface area contributed by atoms with Gasteiger partial charge < -0.3 is 4.74 Å². The molecule has 1 aliphatic rings. The highest BCUT2D eigenvalue weighted by Gasteiger charge is 2.35. The van der Waals surface area contributed by atoms with E-state index in [1.165, 1.54) is 0 Å². The molecule has 0 saturated heterocycles. The minimum absolute atomic E-state index is 0.207. The van der Waals surface area contributed by atoms with E-state index in [-0.39, 0.29) is 12.8 Å². The van der Waals surface area contributed by atoms with Gasteiger partial charge in [0.05, 0.1) is 6.07 Å². The Kier molecular flexibility index (Phi) is 2.12. The highest BCUT2D eigenvalue weighted by Crippen LogP contribution is 2.35. The molecule has 0 bridgehead atoms. The first-order valence-electron chi connectivity index (χ1n) is 4.56. The van der Waals surface area contributed by atoms with Crippen molar-refractivity contribution < 1.29 is 9.13 Å². The van der Waals surface area contributed by atoms with Crippen LogP contribution in [0, 0.1) is 11.3 Å². The van der Waals surface area contributed by atoms with E-state index in [9.17, 15) is 4.39 Å². The Hall–Kier alpha value is -1.56. The second-order valence-electron chi connectivity index (χ2n) is 3.43. The van der Waals surface area contributed by atoms with Crippen LogP contribution >= 0.6 is 0 Å². The number of halogens is 1. The van der Waals surface area contributed by atoms with E-state index in [1.807, 2.05) is 18.2 Å². The molecule has 1 aromatic carbocycles. The summed E-state index contributed by atoms with van der Waals surface area (Å²) in [5.74, 6) is -1.22. The molecule has 0 radical (unpaired) electrons. The smallest absolute Gasteiger partial charge is 0.261 e. The zero-order chi connectivity index (χ0) is 10.0. The van der Waals surface area contributed by atoms with Gasteiger partial charge >= 0.3 is 0 Å². The SMILES string of the molecule is N#CCC1(F)CCc2ccccc2O1. The van der Waals surface area contributed by atoms with Crippen LogP contribution in [0.5, 0.6) is 5.75 Å². The summed E-state index contributed by atoms with van der Waals surface area (Å²) in [5, 5.41) is 8.46. The molecule has 0 aromatic heterocycles. The average molecular weight is 191 g/mol. The molecular weight excluding hydrogens is 181 g/mol. The van der Waals surface area contributed by atoms with E-state index < -0.39 is 5.85 Å². The first kappa shape index (κ1) is 9.01. The zero-order valence-corrected chi connectivity index (χ0v) is 7.66. The molecule has 0 aliphatic carbocycles. The van der Waals surface area contributed by atoms with E-state index in [0.717, 1.165) is 5.56 Å². The lowest BCUT2D eigenvalue weighted by Crippen LogP contribution is -2.34. The normalized spacial score (nSPS) is 24.6. The maximum atomic E-state index is 13.8. The van der Waals surface area contributed by atoms with Crippen LogP contribution in [0.4, 0.5) is 4.39 Å². The Morgan fingerprint density at radius 3 is 3.07 bits per heavy atom. The van der Waals surface area contributed by atoms with Crippen molar-refractivity contribution in [3.8, 4) is 11.8 Å². The fourth-order valence-corrected chi connectivity index (χ4v) is 1.62. The highest BCUT2D eigenvalue weighted by molar-refractivity contribution is 5.35. The molecule has 1 atom stereocenters. The maximum absolute atomic E-state index is 13.8. The topological polar surface area (TPSA) is 33.0 Å². The third-order valence-corrected chi connectivity index (χ3v) is 2.38. The van der Waals surface area contributed by atoms with Gasteiger partial charge in [0.1, 0.15) is 12.2 Å². The predicted molar refractivity (Wildman–Crippen MR) is 49.5 cm³/mol. The van der Waals surface area contributed by atoms with Gasteiger partial charge in [0.2, 0.25) is 0 Å². The number of ether oxygens (including phenoxy) is 1. The summed E-state index contributed by atoms with van der Waals surface area (Å²) in [7, 11) is 0. The third kappa shape index (κ3) is 1.56. The van der Waals surface area contributed by atoms with Crippen LogP contribution in [0.25, 0.3) is 0 Å². The zero-order valence-electron chi connectivity index (χ0n) is 7.66. The van der Waals surface area contributed by atoms with E-state index in [0.29, 0.717) is 12.2 Å². The van der Waals surface area contributed by atoms with Crippen LogP contribution in [0.3, 0.4) is 0 Å². The Morgan fingerprint density at radius 2 is 2.29 bits per heavy atom. The first-order valence-corrected chi connectivity index (χ1v) is 4.56. The molecule has 3 heteroatoms. The van der Waals surface area contributed by atoms with E-state index in [1.54, 1.807) is 12.1 Å². The number of rotatable bonds is 1. The van der Waals surface area contributed by atoms with Crippen molar-refractivity contribution in [2.24, 2.45) is 0 Å². The fraction of sp³-hybridized carbons (Fsp3) is 0.364. The van der Waals surface area contributed by atoms with Crippen molar-refractivity contribution in [1.29, 1.82) is 5.26 Å². The molecule has 0 fully saturated rings. The quantitative estimate of drug-likeness (QED) is 0.683. The van der Waals surface area contributed by atoms with Gasteiger partial charge in [-0.25, -0.2) is 0 Å². The van der Waals surface area contributed by atoms with Crippen LogP contribution in [0.1, 0.15) is 18.4 Å². The number of nitriles is 1. The molecular formula is C11H10FNO. The molecule has 1 heterocycles. The van der Waals surface area contributed by atoms with Crippen LogP contribution < -0.4 is 4.74 Å². The van der Waals surface area contributed by atoms with E-state index in [4.69, 9.17) is 10.00 Å². The summed E-state index contributed by atoms with van der Waals surface area (Å²) in [5.41, 5.74) is 1.01. The van der Waals surface area contributed by atoms with Crippen molar-refractivity contribution >= 4 is 0 Å². The summed E-state index contributed by atoms with van der Waals surface area (Å²) >= 11 is 0. The lowest BCUT2D eigenvalue weighted by Gasteiger charge is -2.30. The van der Waals surface area contributed by atoms with Gasteiger partial charge in [-0.05, 0) is 18.1 Å². The van der Waals surface area contributed by atoms with Gasteiger partial charge in [-0.1, -0.05) is 18.2 Å². The molecule has 14 heavy (non-hydrogen) atoms. The average Bonchev–Trinajstić information content (AvgIpc) is 2.17. The van der Waals surface area contributed by atoms with Crippen molar-refractivity contribution in [3.05, 3.63) is 29.8 Å². The lowest BCUT2D eigenvalue weighted by atomic mass is 9.99. The number of fused-ring (bicyclic) bond motifs is 1. The minimum atomic E-state index is -1.79. The molecule has 1 aromatic rings. The van der Waals surface area contributed by atoms with E-state index >= 15 is 0 Å². The summed E-state index contributed by atoms with van der Waals surface area (Å²) in [4.78, 5) is 0. The molecule has 0 amide bonds. The molecule has 0 spiro atoms. The molecule has 1 aliphatic heterocycles. The van der Waals surface area contributed by atoms with Crippen molar-refractivity contribution in [3.63, 3.8) is 0 Å². The summed E-state index contributed by atoms with van der Waals surface area (Å²) in [6, 6.07) is 9.17. The van der Waals surface area contributed by atoms with Crippen molar-refractivity contribution in [2.75, 3.05) is 0 Å². The second kappa shape index (κ2) is 3.30. The van der Waals surface area contributed by atoms with Crippen molar-refractivity contribution in [1.82, 2.24) is 0 Å². The largest absolute Gasteiger partial charge is 0.457 e. The number of aryl methyl sites for hydroxylation is 1. The fourth-order valence-electron chi connectivity index (χ4n) is 1.62. The Morgan fingerprint density at radius 1 is 1.50 bits per heavy atom. The number of benzene rings is 1. The highest BCUT2D eigenvalue weighted by atomic mass is 19.2. The summed E-state index contributed by atoms with van der Waals surface area (Å²) in [6.45, 7) is 0. The molecule has 0 N–H and O–H groups in total. The summed E-state index contributed by atoms with van der Waals surface area (Å²) in [6.07, 6.45) is 0.688. The first-order chi connectivity index (χ1) is 6.73. The van der Waals surface area contributed by atoms with Crippen LogP contribution in [-0.4, -0.2) is 5.85 Å². The molecule has 1 unspecified atom stereocenters. The van der Waals surface area contributed by atoms with Gasteiger partial charge in [0.25, 0.3) is 5.85 Å². The molecule has 2 nitrogen and oxygen atoms in total.